The number of nitro benzene ring substituents is 2. The molecule has 2 aliphatic rings. The molecule has 0 radical (unpaired) electrons. The first kappa shape index (κ1) is 54.9. The van der Waals surface area contributed by atoms with Crippen LogP contribution in [0.3, 0.4) is 0 Å². The minimum absolute atomic E-state index is 0. The Balaban J connectivity index is 0.00000297. The van der Waals surface area contributed by atoms with Crippen LogP contribution in [0.25, 0.3) is 32.4 Å². The molecule has 7 amide bonds. The average molecular weight is 1070 g/mol. The quantitative estimate of drug-likeness (QED) is 0.0295. The number of non-ortho nitro benzene ring substituents is 2. The van der Waals surface area contributed by atoms with Crippen molar-refractivity contribution >= 4 is 128 Å². The smallest absolute Gasteiger partial charge is 0.270 e. The molecule has 0 fully saturated rings. The van der Waals surface area contributed by atoms with Gasteiger partial charge in [0.1, 0.15) is 0 Å². The Kier molecular flexibility index (Phi) is 17.3. The number of hydrogen-bond donors (Lipinski definition) is 5. The topological polar surface area (TPSA) is 285 Å². The van der Waals surface area contributed by atoms with Crippen molar-refractivity contribution in [2.24, 2.45) is 0 Å². The summed E-state index contributed by atoms with van der Waals surface area (Å²) in [6, 6.07) is 26.8. The number of rotatable bonds is 18. The second-order valence-electron chi connectivity index (χ2n) is 16.4. The lowest BCUT2D eigenvalue weighted by molar-refractivity contribution is -0.384. The summed E-state index contributed by atoms with van der Waals surface area (Å²) in [5.41, 5.74) is 0.366. The normalized spacial score (nSPS) is 12.4. The van der Waals surface area contributed by atoms with Crippen molar-refractivity contribution in [1.29, 1.82) is 0 Å². The van der Waals surface area contributed by atoms with Crippen LogP contribution in [0.1, 0.15) is 72.5 Å². The standard InChI is InChI=1S/C50H40N10O11.3ClH/c61-44(54-16-13-51-14-18-56-46(63)36-11-12-53-41-10-2-1-7-35(36)41)30-21-31(25-32(24-30)58-49(66)38-9-4-6-29-23-34(60(70)71)27-40(43(29)38)50(58)67)45(62)55-17-15-52-19-20-57-47(64)37-8-3-5-28-22-33(59(68)69)26-39(42(28)37)48(57)65;;;/h1-12,21-27,51-52H,13-20H2,(H,54,61)(H,55,62)(H,56,63);3*1H. The summed E-state index contributed by atoms with van der Waals surface area (Å²) in [7, 11) is 0. The van der Waals surface area contributed by atoms with E-state index in [-0.39, 0.29) is 145 Å². The Morgan fingerprint density at radius 1 is 0.514 bits per heavy atom. The third-order valence-corrected chi connectivity index (χ3v) is 12.0. The molecular weight excluding hydrogens is 1020 g/mol. The van der Waals surface area contributed by atoms with Crippen LogP contribution in [0, 0.1) is 20.2 Å². The van der Waals surface area contributed by atoms with E-state index in [0.29, 0.717) is 39.2 Å². The molecular formula is C50H43Cl3N10O11. The number of halogens is 3. The maximum atomic E-state index is 14.2. The Morgan fingerprint density at radius 3 is 1.57 bits per heavy atom. The van der Waals surface area contributed by atoms with E-state index in [2.05, 4.69) is 31.6 Å². The second kappa shape index (κ2) is 23.4. The molecule has 0 spiro atoms. The molecule has 2 aliphatic heterocycles. The van der Waals surface area contributed by atoms with Crippen LogP contribution in [0.2, 0.25) is 0 Å². The summed E-state index contributed by atoms with van der Waals surface area (Å²) in [5, 5.41) is 39.9. The number of fused-ring (bicyclic) bond motifs is 1. The molecule has 21 nitrogen and oxygen atoms in total. The number of nitrogens with one attached hydrogen (secondary N) is 5. The third-order valence-electron chi connectivity index (χ3n) is 12.0. The summed E-state index contributed by atoms with van der Waals surface area (Å²) in [6.07, 6.45) is 1.56. The van der Waals surface area contributed by atoms with E-state index in [1.165, 1.54) is 42.5 Å². The SMILES string of the molecule is Cl.Cl.Cl.O=C(NCCNCCNC(=O)c1ccnc2ccccc12)c1cc(C(=O)NCCNCCN2C(=O)c3cccc4cc([N+](=O)[O-])cc(c34)C2=O)cc(N2C(=O)c3cccc4cc([N+](=O)[O-])cc(c34)C2=O)c1. The molecule has 1 aromatic heterocycles. The van der Waals surface area contributed by atoms with Crippen molar-refractivity contribution in [1.82, 2.24) is 36.5 Å². The highest BCUT2D eigenvalue weighted by atomic mass is 35.5. The van der Waals surface area contributed by atoms with E-state index in [1.807, 2.05) is 24.3 Å². The predicted molar refractivity (Wildman–Crippen MR) is 280 cm³/mol. The molecule has 0 saturated heterocycles. The molecule has 6 aromatic carbocycles. The van der Waals surface area contributed by atoms with Gasteiger partial charge >= 0.3 is 0 Å². The van der Waals surface area contributed by atoms with Gasteiger partial charge in [0.05, 0.1) is 37.7 Å². The van der Waals surface area contributed by atoms with E-state index in [4.69, 9.17) is 0 Å². The molecule has 0 unspecified atom stereocenters. The van der Waals surface area contributed by atoms with Crippen molar-refractivity contribution in [3.05, 3.63) is 175 Å². The van der Waals surface area contributed by atoms with Crippen molar-refractivity contribution in [2.45, 2.75) is 0 Å². The fourth-order valence-corrected chi connectivity index (χ4v) is 8.71. The molecule has 9 rings (SSSR count). The van der Waals surface area contributed by atoms with Crippen LogP contribution in [-0.4, -0.2) is 113 Å². The van der Waals surface area contributed by atoms with Gasteiger partial charge in [-0.15, -0.1) is 37.2 Å². The first-order valence-corrected chi connectivity index (χ1v) is 22.2. The van der Waals surface area contributed by atoms with Crippen molar-refractivity contribution in [3.63, 3.8) is 0 Å². The zero-order chi connectivity index (χ0) is 49.9. The Bertz CT molecular complexity index is 3460. The number of amides is 7. The predicted octanol–water partition coefficient (Wildman–Crippen LogP) is 5.79. The molecule has 0 atom stereocenters. The molecule has 0 saturated carbocycles. The number of pyridine rings is 1. The number of benzene rings is 6. The van der Waals surface area contributed by atoms with Crippen molar-refractivity contribution in [3.8, 4) is 0 Å². The van der Waals surface area contributed by atoms with E-state index in [0.717, 1.165) is 21.9 Å². The Labute approximate surface area is 437 Å². The van der Waals surface area contributed by atoms with E-state index >= 15 is 0 Å². The number of anilines is 1. The highest BCUT2D eigenvalue weighted by molar-refractivity contribution is 6.36. The van der Waals surface area contributed by atoms with E-state index in [1.54, 1.807) is 36.5 Å². The van der Waals surface area contributed by atoms with Crippen LogP contribution in [0.5, 0.6) is 0 Å². The van der Waals surface area contributed by atoms with Crippen LogP contribution in [0.15, 0.2) is 115 Å². The number of hydrogen-bond acceptors (Lipinski definition) is 14. The number of aromatic nitrogens is 1. The maximum Gasteiger partial charge on any atom is 0.270 e. The van der Waals surface area contributed by atoms with Crippen LogP contribution in [0.4, 0.5) is 17.1 Å². The Morgan fingerprint density at radius 2 is 1.00 bits per heavy atom. The third kappa shape index (κ3) is 10.8. The minimum Gasteiger partial charge on any atom is -0.351 e. The highest BCUT2D eigenvalue weighted by Crippen LogP contribution is 2.37. The van der Waals surface area contributed by atoms with Gasteiger partial charge in [0.15, 0.2) is 0 Å². The van der Waals surface area contributed by atoms with E-state index < -0.39 is 45.3 Å². The van der Waals surface area contributed by atoms with Gasteiger partial charge in [-0.3, -0.25) is 63.7 Å². The van der Waals surface area contributed by atoms with Gasteiger partial charge in [-0.05, 0) is 53.2 Å². The van der Waals surface area contributed by atoms with Gasteiger partial charge in [-0.2, -0.15) is 0 Å². The molecule has 7 aromatic rings. The molecule has 5 N–H and O–H groups in total. The molecule has 0 bridgehead atoms. The van der Waals surface area contributed by atoms with Gasteiger partial charge in [0, 0.05) is 121 Å². The molecule has 380 valence electrons. The monoisotopic (exact) mass is 1060 g/mol. The van der Waals surface area contributed by atoms with Gasteiger partial charge in [-0.1, -0.05) is 42.5 Å². The summed E-state index contributed by atoms with van der Waals surface area (Å²) >= 11 is 0. The number of para-hydroxylation sites is 1. The van der Waals surface area contributed by atoms with Crippen LogP contribution < -0.4 is 31.5 Å². The zero-order valence-corrected chi connectivity index (χ0v) is 41.0. The van der Waals surface area contributed by atoms with Gasteiger partial charge in [-0.25, -0.2) is 4.90 Å². The number of nitrogens with zero attached hydrogens (tertiary/aromatic N) is 5. The first-order chi connectivity index (χ1) is 34.3. The molecule has 24 heteroatoms. The van der Waals surface area contributed by atoms with Gasteiger partial charge in [0.25, 0.3) is 52.7 Å². The van der Waals surface area contributed by atoms with Crippen molar-refractivity contribution < 1.29 is 43.4 Å². The maximum absolute atomic E-state index is 14.2. The van der Waals surface area contributed by atoms with E-state index in [9.17, 15) is 53.8 Å². The number of carbonyl (C=O) groups is 7. The summed E-state index contributed by atoms with van der Waals surface area (Å²) in [4.78, 5) is 124. The average Bonchev–Trinajstić information content (AvgIpc) is 3.37. The van der Waals surface area contributed by atoms with Crippen LogP contribution >= 0.6 is 37.2 Å². The second-order valence-corrected chi connectivity index (χ2v) is 16.4. The number of nitro groups is 2. The number of imide groups is 2. The summed E-state index contributed by atoms with van der Waals surface area (Å²) in [5.74, 6) is -4.57. The molecule has 0 aliphatic carbocycles. The number of carbonyl (C=O) groups excluding carboxylic acids is 7. The highest BCUT2D eigenvalue weighted by Gasteiger charge is 2.37. The lowest BCUT2D eigenvalue weighted by Crippen LogP contribution is -2.44. The lowest BCUT2D eigenvalue weighted by atomic mass is 9.92. The zero-order valence-electron chi connectivity index (χ0n) is 38.6. The minimum atomic E-state index is -0.909. The molecule has 74 heavy (non-hydrogen) atoms. The van der Waals surface area contributed by atoms with Crippen molar-refractivity contribution in [2.75, 3.05) is 57.3 Å². The lowest BCUT2D eigenvalue weighted by Gasteiger charge is -2.28. The van der Waals surface area contributed by atoms with Gasteiger partial charge < -0.3 is 26.6 Å². The largest absolute Gasteiger partial charge is 0.351 e. The summed E-state index contributed by atoms with van der Waals surface area (Å²) in [6.45, 7) is 1.11. The fraction of sp³-hybridized carbons (Fsp3) is 0.160. The fourth-order valence-electron chi connectivity index (χ4n) is 8.71. The molecule has 3 heterocycles. The van der Waals surface area contributed by atoms with Gasteiger partial charge in [0.2, 0.25) is 0 Å². The first-order valence-electron chi connectivity index (χ1n) is 22.2. The van der Waals surface area contributed by atoms with Crippen LogP contribution in [-0.2, 0) is 0 Å². The summed E-state index contributed by atoms with van der Waals surface area (Å²) < 4.78 is 0. The Hall–Kier alpha value is -8.47.